The average Bonchev–Trinajstić information content (AvgIpc) is 2.48. The highest BCUT2D eigenvalue weighted by molar-refractivity contribution is 5.79. The first-order valence-corrected chi connectivity index (χ1v) is 7.23. The van der Waals surface area contributed by atoms with Gasteiger partial charge in [0.1, 0.15) is 5.75 Å². The largest absolute Gasteiger partial charge is 0.435 e. The summed E-state index contributed by atoms with van der Waals surface area (Å²) >= 11 is 0. The van der Waals surface area contributed by atoms with Gasteiger partial charge >= 0.3 is 6.61 Å². The van der Waals surface area contributed by atoms with Gasteiger partial charge in [-0.25, -0.2) is 0 Å². The molecule has 0 unspecified atom stereocenters. The molecule has 7 heteroatoms. The lowest BCUT2D eigenvalue weighted by atomic mass is 10.1. The van der Waals surface area contributed by atoms with Gasteiger partial charge in [0, 0.05) is 32.7 Å². The number of alkyl halides is 2. The van der Waals surface area contributed by atoms with Crippen LogP contribution in [-0.4, -0.2) is 66.8 Å². The first-order chi connectivity index (χ1) is 10.6. The summed E-state index contributed by atoms with van der Waals surface area (Å²) < 4.78 is 28.7. The van der Waals surface area contributed by atoms with Crippen LogP contribution in [0, 0.1) is 0 Å². The highest BCUT2D eigenvalue weighted by Gasteiger charge is 2.20. The van der Waals surface area contributed by atoms with Gasteiger partial charge in [0.05, 0.1) is 13.0 Å². The molecule has 2 rings (SSSR count). The number of amides is 1. The summed E-state index contributed by atoms with van der Waals surface area (Å²) in [6.45, 7) is 0.574. The van der Waals surface area contributed by atoms with Crippen molar-refractivity contribution in [2.75, 3.05) is 39.3 Å². The second-order valence-electron chi connectivity index (χ2n) is 5.15. The number of benzene rings is 1. The van der Waals surface area contributed by atoms with E-state index in [0.717, 1.165) is 13.1 Å². The molecule has 1 amide bonds. The summed E-state index contributed by atoms with van der Waals surface area (Å²) in [6.07, 6.45) is 0.167. The van der Waals surface area contributed by atoms with Gasteiger partial charge in [-0.3, -0.25) is 9.69 Å². The molecular formula is C15H20F2N2O3. The maximum absolute atomic E-state index is 12.2. The molecule has 0 radical (unpaired) electrons. The number of aliphatic hydroxyl groups is 1. The van der Waals surface area contributed by atoms with Crippen LogP contribution in [0.2, 0.25) is 0 Å². The first kappa shape index (κ1) is 16.6. The highest BCUT2D eigenvalue weighted by Crippen LogP contribution is 2.17. The van der Waals surface area contributed by atoms with Gasteiger partial charge in [-0.1, -0.05) is 12.1 Å². The fraction of sp³-hybridized carbons (Fsp3) is 0.533. The molecule has 1 N–H and O–H groups in total. The number of rotatable bonds is 6. The van der Waals surface area contributed by atoms with Gasteiger partial charge in [-0.05, 0) is 17.7 Å². The fourth-order valence-electron chi connectivity index (χ4n) is 2.48. The van der Waals surface area contributed by atoms with E-state index < -0.39 is 6.61 Å². The Morgan fingerprint density at radius 1 is 1.27 bits per heavy atom. The summed E-state index contributed by atoms with van der Waals surface area (Å²) in [5.41, 5.74) is 0.654. The van der Waals surface area contributed by atoms with Crippen LogP contribution in [0.25, 0.3) is 0 Å². The minimum Gasteiger partial charge on any atom is -0.435 e. The van der Waals surface area contributed by atoms with E-state index in [4.69, 9.17) is 5.11 Å². The van der Waals surface area contributed by atoms with E-state index in [1.807, 2.05) is 0 Å². The Morgan fingerprint density at radius 2 is 2.00 bits per heavy atom. The highest BCUT2D eigenvalue weighted by atomic mass is 19.3. The standard InChI is InChI=1S/C15H20F2N2O3/c16-15(17)22-13-3-1-2-12(10-13)11-14(21)19-6-4-18(5-7-19)8-9-20/h1-3,10,15,20H,4-9,11H2. The first-order valence-electron chi connectivity index (χ1n) is 7.23. The molecule has 0 atom stereocenters. The average molecular weight is 314 g/mol. The number of carbonyl (C=O) groups excluding carboxylic acids is 1. The molecule has 0 aromatic heterocycles. The second kappa shape index (κ2) is 8.05. The quantitative estimate of drug-likeness (QED) is 0.850. The Kier molecular flexibility index (Phi) is 6.09. The lowest BCUT2D eigenvalue weighted by Gasteiger charge is -2.34. The van der Waals surface area contributed by atoms with Crippen molar-refractivity contribution in [2.45, 2.75) is 13.0 Å². The maximum atomic E-state index is 12.2. The number of nitrogens with zero attached hydrogens (tertiary/aromatic N) is 2. The Labute approximate surface area is 128 Å². The number of hydrogen-bond acceptors (Lipinski definition) is 4. The normalized spacial score (nSPS) is 16.1. The topological polar surface area (TPSA) is 53.0 Å². The number of β-amino-alcohol motifs (C(OH)–C–C–N with tert-alkyl or cyclic N) is 1. The second-order valence-corrected chi connectivity index (χ2v) is 5.15. The predicted octanol–water partition coefficient (Wildman–Crippen LogP) is 0.967. The number of ether oxygens (including phenoxy) is 1. The van der Waals surface area contributed by atoms with Crippen LogP contribution in [0.15, 0.2) is 24.3 Å². The molecule has 0 spiro atoms. The van der Waals surface area contributed by atoms with Crippen molar-refractivity contribution < 1.29 is 23.4 Å². The van der Waals surface area contributed by atoms with Crippen LogP contribution in [0.3, 0.4) is 0 Å². The summed E-state index contributed by atoms with van der Waals surface area (Å²) in [5, 5.41) is 8.89. The lowest BCUT2D eigenvalue weighted by Crippen LogP contribution is -2.49. The van der Waals surface area contributed by atoms with E-state index in [-0.39, 0.29) is 24.7 Å². The summed E-state index contributed by atoms with van der Waals surface area (Å²) in [4.78, 5) is 16.1. The van der Waals surface area contributed by atoms with Crippen molar-refractivity contribution in [3.8, 4) is 5.75 Å². The zero-order chi connectivity index (χ0) is 15.9. The molecule has 1 aromatic rings. The third-order valence-corrected chi connectivity index (χ3v) is 3.62. The van der Waals surface area contributed by atoms with Gasteiger partial charge < -0.3 is 14.7 Å². The van der Waals surface area contributed by atoms with E-state index in [1.54, 1.807) is 17.0 Å². The van der Waals surface area contributed by atoms with Crippen molar-refractivity contribution in [1.29, 1.82) is 0 Å². The summed E-state index contributed by atoms with van der Waals surface area (Å²) in [7, 11) is 0. The predicted molar refractivity (Wildman–Crippen MR) is 76.9 cm³/mol. The Bertz CT molecular complexity index is 491. The smallest absolute Gasteiger partial charge is 0.387 e. The minimum atomic E-state index is -2.87. The van der Waals surface area contributed by atoms with E-state index >= 15 is 0 Å². The molecule has 5 nitrogen and oxygen atoms in total. The zero-order valence-corrected chi connectivity index (χ0v) is 12.3. The third kappa shape index (κ3) is 4.92. The molecule has 22 heavy (non-hydrogen) atoms. The van der Waals surface area contributed by atoms with Crippen LogP contribution in [-0.2, 0) is 11.2 Å². The molecule has 1 aromatic carbocycles. The molecular weight excluding hydrogens is 294 g/mol. The molecule has 1 fully saturated rings. The SMILES string of the molecule is O=C(Cc1cccc(OC(F)F)c1)N1CCN(CCO)CC1. The van der Waals surface area contributed by atoms with Crippen LogP contribution < -0.4 is 4.74 Å². The minimum absolute atomic E-state index is 0.0298. The van der Waals surface area contributed by atoms with Gasteiger partial charge in [-0.2, -0.15) is 8.78 Å². The maximum Gasteiger partial charge on any atom is 0.387 e. The van der Waals surface area contributed by atoms with Gasteiger partial charge in [-0.15, -0.1) is 0 Å². The summed E-state index contributed by atoms with van der Waals surface area (Å²) in [5.74, 6) is 0.0333. The van der Waals surface area contributed by atoms with Crippen LogP contribution >= 0.6 is 0 Å². The molecule has 1 saturated heterocycles. The Balaban J connectivity index is 1.87. The van der Waals surface area contributed by atoms with Crippen molar-refractivity contribution in [1.82, 2.24) is 9.80 Å². The van der Waals surface area contributed by atoms with Gasteiger partial charge in [0.2, 0.25) is 5.91 Å². The van der Waals surface area contributed by atoms with Gasteiger partial charge in [0.15, 0.2) is 0 Å². The van der Waals surface area contributed by atoms with Crippen molar-refractivity contribution in [3.63, 3.8) is 0 Å². The molecule has 1 heterocycles. The van der Waals surface area contributed by atoms with E-state index in [1.165, 1.54) is 12.1 Å². The Morgan fingerprint density at radius 3 is 2.64 bits per heavy atom. The number of carbonyl (C=O) groups is 1. The van der Waals surface area contributed by atoms with Crippen LogP contribution in [0.4, 0.5) is 8.78 Å². The number of aliphatic hydroxyl groups excluding tert-OH is 1. The van der Waals surface area contributed by atoms with Crippen LogP contribution in [0.5, 0.6) is 5.75 Å². The van der Waals surface area contributed by atoms with E-state index in [2.05, 4.69) is 9.64 Å². The molecule has 0 aliphatic carbocycles. The van der Waals surface area contributed by atoms with Crippen molar-refractivity contribution in [3.05, 3.63) is 29.8 Å². The van der Waals surface area contributed by atoms with Gasteiger partial charge in [0.25, 0.3) is 0 Å². The van der Waals surface area contributed by atoms with E-state index in [0.29, 0.717) is 25.2 Å². The molecule has 122 valence electrons. The fourth-order valence-corrected chi connectivity index (χ4v) is 2.48. The molecule has 0 saturated carbocycles. The van der Waals surface area contributed by atoms with Crippen molar-refractivity contribution >= 4 is 5.91 Å². The number of halogens is 2. The van der Waals surface area contributed by atoms with E-state index in [9.17, 15) is 13.6 Å². The van der Waals surface area contributed by atoms with Crippen molar-refractivity contribution in [2.24, 2.45) is 0 Å². The Hall–Kier alpha value is -1.73. The number of piperazine rings is 1. The lowest BCUT2D eigenvalue weighted by molar-refractivity contribution is -0.132. The molecule has 1 aliphatic rings. The summed E-state index contributed by atoms with van der Waals surface area (Å²) in [6, 6.07) is 6.22. The molecule has 0 bridgehead atoms. The molecule has 1 aliphatic heterocycles. The van der Waals surface area contributed by atoms with Crippen LogP contribution in [0.1, 0.15) is 5.56 Å². The zero-order valence-electron chi connectivity index (χ0n) is 12.3. The number of hydrogen-bond donors (Lipinski definition) is 1. The monoisotopic (exact) mass is 314 g/mol. The third-order valence-electron chi connectivity index (χ3n) is 3.62.